The summed E-state index contributed by atoms with van der Waals surface area (Å²) in [7, 11) is 1.72. The summed E-state index contributed by atoms with van der Waals surface area (Å²) in [6, 6.07) is 6.36. The van der Waals surface area contributed by atoms with E-state index in [1.807, 2.05) is 24.5 Å². The molecule has 0 aliphatic carbocycles. The second-order valence-electron chi connectivity index (χ2n) is 4.33. The van der Waals surface area contributed by atoms with Crippen molar-refractivity contribution in [1.82, 2.24) is 0 Å². The van der Waals surface area contributed by atoms with E-state index in [1.54, 1.807) is 18.9 Å². The number of anilines is 1. The first-order chi connectivity index (χ1) is 9.13. The van der Waals surface area contributed by atoms with E-state index in [4.69, 9.17) is 22.7 Å². The SMILES string of the molecule is CCCC(COC)Nc1cccc(SC)c1C(N)=S. The van der Waals surface area contributed by atoms with Crippen LogP contribution < -0.4 is 11.1 Å². The lowest BCUT2D eigenvalue weighted by Crippen LogP contribution is -2.26. The van der Waals surface area contributed by atoms with Gasteiger partial charge in [-0.3, -0.25) is 0 Å². The minimum atomic E-state index is 0.278. The van der Waals surface area contributed by atoms with Gasteiger partial charge in [0.25, 0.3) is 0 Å². The number of rotatable bonds is 8. The van der Waals surface area contributed by atoms with Crippen molar-refractivity contribution in [3.63, 3.8) is 0 Å². The summed E-state index contributed by atoms with van der Waals surface area (Å²) in [5, 5.41) is 3.50. The molecule has 1 atom stereocenters. The summed E-state index contributed by atoms with van der Waals surface area (Å²) in [5.74, 6) is 0. The third-order valence-corrected chi connectivity index (χ3v) is 3.84. The third-order valence-electron chi connectivity index (χ3n) is 2.86. The molecule has 1 unspecified atom stereocenters. The third kappa shape index (κ3) is 4.67. The molecule has 3 N–H and O–H groups in total. The van der Waals surface area contributed by atoms with E-state index in [0.29, 0.717) is 11.6 Å². The number of methoxy groups -OCH3 is 1. The van der Waals surface area contributed by atoms with Crippen LogP contribution in [0.3, 0.4) is 0 Å². The van der Waals surface area contributed by atoms with Gasteiger partial charge in [-0.1, -0.05) is 31.6 Å². The monoisotopic (exact) mass is 298 g/mol. The minimum Gasteiger partial charge on any atom is -0.389 e. The van der Waals surface area contributed by atoms with Gasteiger partial charge in [0, 0.05) is 29.3 Å². The lowest BCUT2D eigenvalue weighted by atomic mass is 10.1. The van der Waals surface area contributed by atoms with Crippen molar-refractivity contribution in [2.45, 2.75) is 30.7 Å². The molecule has 0 aromatic heterocycles. The smallest absolute Gasteiger partial charge is 0.107 e. The molecule has 0 saturated heterocycles. The van der Waals surface area contributed by atoms with E-state index in [0.717, 1.165) is 29.0 Å². The molecule has 106 valence electrons. The molecule has 0 aliphatic rings. The molecule has 0 saturated carbocycles. The number of benzene rings is 1. The molecule has 0 heterocycles. The Morgan fingerprint density at radius 2 is 2.26 bits per heavy atom. The molecular formula is C14H22N2OS2. The molecule has 19 heavy (non-hydrogen) atoms. The number of nitrogens with one attached hydrogen (secondary N) is 1. The molecule has 0 amide bonds. The highest BCUT2D eigenvalue weighted by atomic mass is 32.2. The summed E-state index contributed by atoms with van der Waals surface area (Å²) in [5.41, 5.74) is 7.79. The summed E-state index contributed by atoms with van der Waals surface area (Å²) < 4.78 is 5.25. The largest absolute Gasteiger partial charge is 0.389 e. The molecule has 0 radical (unpaired) electrons. The van der Waals surface area contributed by atoms with Crippen LogP contribution in [-0.4, -0.2) is 31.0 Å². The Bertz CT molecular complexity index is 418. The molecule has 3 nitrogen and oxygen atoms in total. The van der Waals surface area contributed by atoms with Crippen molar-refractivity contribution in [3.05, 3.63) is 23.8 Å². The Morgan fingerprint density at radius 3 is 2.79 bits per heavy atom. The zero-order chi connectivity index (χ0) is 14.3. The van der Waals surface area contributed by atoms with Crippen molar-refractivity contribution in [1.29, 1.82) is 0 Å². The lowest BCUT2D eigenvalue weighted by molar-refractivity contribution is 0.182. The standard InChI is InChI=1S/C14H22N2OS2/c1-4-6-10(9-17-2)16-11-7-5-8-12(19-3)13(11)14(15)18/h5,7-8,10,16H,4,6,9H2,1-3H3,(H2,15,18). The van der Waals surface area contributed by atoms with E-state index >= 15 is 0 Å². The quantitative estimate of drug-likeness (QED) is 0.570. The lowest BCUT2D eigenvalue weighted by Gasteiger charge is -2.21. The molecule has 5 heteroatoms. The average molecular weight is 298 g/mol. The van der Waals surface area contributed by atoms with Gasteiger partial charge in [-0.15, -0.1) is 11.8 Å². The fraction of sp³-hybridized carbons (Fsp3) is 0.500. The number of thioether (sulfide) groups is 1. The fourth-order valence-corrected chi connectivity index (χ4v) is 2.97. The summed E-state index contributed by atoms with van der Waals surface area (Å²) in [6.07, 6.45) is 4.18. The van der Waals surface area contributed by atoms with E-state index in [1.165, 1.54) is 0 Å². The number of hydrogen-bond donors (Lipinski definition) is 2. The zero-order valence-electron chi connectivity index (χ0n) is 11.7. The molecule has 0 spiro atoms. The Labute approximate surface area is 125 Å². The van der Waals surface area contributed by atoms with Crippen LogP contribution in [0.1, 0.15) is 25.3 Å². The average Bonchev–Trinajstić information content (AvgIpc) is 2.38. The molecule has 1 rings (SSSR count). The molecule has 0 fully saturated rings. The van der Waals surface area contributed by atoms with Gasteiger partial charge in [0.05, 0.1) is 6.61 Å². The molecule has 1 aromatic carbocycles. The van der Waals surface area contributed by atoms with E-state index in [-0.39, 0.29) is 6.04 Å². The van der Waals surface area contributed by atoms with Crippen LogP contribution in [0.25, 0.3) is 0 Å². The maximum absolute atomic E-state index is 5.86. The van der Waals surface area contributed by atoms with Gasteiger partial charge in [-0.25, -0.2) is 0 Å². The topological polar surface area (TPSA) is 47.3 Å². The van der Waals surface area contributed by atoms with Gasteiger partial charge >= 0.3 is 0 Å². The van der Waals surface area contributed by atoms with Crippen molar-refractivity contribution >= 4 is 34.7 Å². The molecular weight excluding hydrogens is 276 g/mol. The van der Waals surface area contributed by atoms with Crippen molar-refractivity contribution in [3.8, 4) is 0 Å². The number of ether oxygens (including phenoxy) is 1. The van der Waals surface area contributed by atoms with Gasteiger partial charge in [-0.2, -0.15) is 0 Å². The Balaban J connectivity index is 3.01. The highest BCUT2D eigenvalue weighted by molar-refractivity contribution is 7.98. The molecule has 0 bridgehead atoms. The van der Waals surface area contributed by atoms with Gasteiger partial charge in [0.15, 0.2) is 0 Å². The van der Waals surface area contributed by atoms with Crippen molar-refractivity contribution in [2.75, 3.05) is 25.3 Å². The Hall–Kier alpha value is -0.780. The van der Waals surface area contributed by atoms with Gasteiger partial charge in [-0.05, 0) is 24.8 Å². The molecule has 0 aliphatic heterocycles. The summed E-state index contributed by atoms with van der Waals surface area (Å²) >= 11 is 6.83. The minimum absolute atomic E-state index is 0.278. The van der Waals surface area contributed by atoms with Gasteiger partial charge < -0.3 is 15.8 Å². The van der Waals surface area contributed by atoms with Gasteiger partial charge in [0.2, 0.25) is 0 Å². The Kier molecular flexibility index (Phi) is 7.20. The number of thiocarbonyl (C=S) groups is 1. The van der Waals surface area contributed by atoms with Crippen LogP contribution >= 0.6 is 24.0 Å². The first-order valence-corrected chi connectivity index (χ1v) is 7.99. The van der Waals surface area contributed by atoms with Crippen LogP contribution in [0.15, 0.2) is 23.1 Å². The summed E-state index contributed by atoms with van der Waals surface area (Å²) in [6.45, 7) is 2.84. The summed E-state index contributed by atoms with van der Waals surface area (Å²) in [4.78, 5) is 1.53. The maximum Gasteiger partial charge on any atom is 0.107 e. The van der Waals surface area contributed by atoms with Crippen LogP contribution in [0.5, 0.6) is 0 Å². The van der Waals surface area contributed by atoms with E-state index < -0.39 is 0 Å². The van der Waals surface area contributed by atoms with Crippen molar-refractivity contribution < 1.29 is 4.74 Å². The molecule has 1 aromatic rings. The second kappa shape index (κ2) is 8.40. The predicted molar refractivity (Wildman–Crippen MR) is 88.3 cm³/mol. The highest BCUT2D eigenvalue weighted by Crippen LogP contribution is 2.28. The van der Waals surface area contributed by atoms with Crippen LogP contribution in [0.4, 0.5) is 5.69 Å². The number of nitrogens with two attached hydrogens (primary N) is 1. The van der Waals surface area contributed by atoms with Crippen molar-refractivity contribution in [2.24, 2.45) is 5.73 Å². The zero-order valence-corrected chi connectivity index (χ0v) is 13.4. The van der Waals surface area contributed by atoms with Crippen LogP contribution in [0, 0.1) is 0 Å². The van der Waals surface area contributed by atoms with Crippen LogP contribution in [-0.2, 0) is 4.74 Å². The first-order valence-electron chi connectivity index (χ1n) is 6.36. The van der Waals surface area contributed by atoms with E-state index in [9.17, 15) is 0 Å². The highest BCUT2D eigenvalue weighted by Gasteiger charge is 2.14. The van der Waals surface area contributed by atoms with Gasteiger partial charge in [0.1, 0.15) is 4.99 Å². The first kappa shape index (κ1) is 16.3. The predicted octanol–water partition coefficient (Wildman–Crippen LogP) is 3.27. The normalized spacial score (nSPS) is 12.2. The van der Waals surface area contributed by atoms with Crippen LogP contribution in [0.2, 0.25) is 0 Å². The van der Waals surface area contributed by atoms with E-state index in [2.05, 4.69) is 12.2 Å². The maximum atomic E-state index is 5.86. The fourth-order valence-electron chi connectivity index (χ4n) is 2.04. The Morgan fingerprint density at radius 1 is 1.53 bits per heavy atom. The number of hydrogen-bond acceptors (Lipinski definition) is 4. The second-order valence-corrected chi connectivity index (χ2v) is 5.62.